The molecular weight excluding hydrogens is 580 g/mol. The number of aromatic nitrogens is 1. The Kier molecular flexibility index (Phi) is 12.4. The van der Waals surface area contributed by atoms with E-state index in [0.717, 1.165) is 27.2 Å². The first-order chi connectivity index (χ1) is 16.1. The number of thiazole rings is 1. The van der Waals surface area contributed by atoms with Gasteiger partial charge in [0.15, 0.2) is 5.09 Å². The molecule has 0 N–H and O–H groups in total. The first kappa shape index (κ1) is 33.9. The summed E-state index contributed by atoms with van der Waals surface area (Å²) in [6, 6.07) is 18.1. The molecule has 0 spiro atoms. The van der Waals surface area contributed by atoms with Gasteiger partial charge in [0.2, 0.25) is 0 Å². The van der Waals surface area contributed by atoms with E-state index in [-0.39, 0.29) is 99.5 Å². The van der Waals surface area contributed by atoms with Crippen LogP contribution >= 0.6 is 42.7 Å². The van der Waals surface area contributed by atoms with Crippen molar-refractivity contribution in [2.24, 2.45) is 4.99 Å². The summed E-state index contributed by atoms with van der Waals surface area (Å²) in [5.74, 6) is -0.103. The Hall–Kier alpha value is 0.670. The van der Waals surface area contributed by atoms with Crippen molar-refractivity contribution < 1.29 is 113 Å². The maximum absolute atomic E-state index is 11.7. The van der Waals surface area contributed by atoms with Crippen LogP contribution in [0, 0.1) is 0 Å². The summed E-state index contributed by atoms with van der Waals surface area (Å²) in [7, 11) is -5.34. The third-order valence-electron chi connectivity index (χ3n) is 5.00. The van der Waals surface area contributed by atoms with Gasteiger partial charge < -0.3 is 24.0 Å². The van der Waals surface area contributed by atoms with Gasteiger partial charge >= 0.3 is 88.7 Å². The fraction of sp³-hybridized carbons (Fsp3) is 0.130. The summed E-state index contributed by atoms with van der Waals surface area (Å²) >= 11 is 3.76. The largest absolute Gasteiger partial charge is 1.00 e. The first-order valence-electron chi connectivity index (χ1n) is 10.1. The zero-order valence-electron chi connectivity index (χ0n) is 20.9. The fourth-order valence-corrected chi connectivity index (χ4v) is 7.31. The number of thioether (sulfide) groups is 2. The SMILES string of the molecule is CC1(C)SC(c2nc3ccc([O-])cc3s2)=N/C1=C(/OP(=O)([O-])[O-])Sc1ccc2ccccc2c1.[Na+].[Na+].[Na+]. The number of rotatable bonds is 5. The van der Waals surface area contributed by atoms with Crippen molar-refractivity contribution in [3.8, 4) is 5.75 Å². The zero-order chi connectivity index (χ0) is 24.1. The van der Waals surface area contributed by atoms with Crippen molar-refractivity contribution in [2.75, 3.05) is 0 Å². The molecule has 5 rings (SSSR count). The van der Waals surface area contributed by atoms with Crippen molar-refractivity contribution in [1.82, 2.24) is 4.98 Å². The maximum Gasteiger partial charge on any atom is 1.00 e. The Morgan fingerprint density at radius 3 is 2.41 bits per heavy atom. The van der Waals surface area contributed by atoms with E-state index in [1.54, 1.807) is 6.07 Å². The first-order valence-corrected chi connectivity index (χ1v) is 14.0. The normalized spacial score (nSPS) is 15.8. The Balaban J connectivity index is 0.00000160. The molecule has 1 aliphatic rings. The molecule has 3 aromatic carbocycles. The average Bonchev–Trinajstić information content (AvgIpc) is 3.32. The Bertz CT molecular complexity index is 1560. The molecule has 0 fully saturated rings. The number of phosphoric acid groups is 1. The molecule has 0 radical (unpaired) electrons. The predicted molar refractivity (Wildman–Crippen MR) is 133 cm³/mol. The third-order valence-corrected chi connectivity index (χ3v) is 8.82. The Labute approximate surface area is 293 Å². The van der Waals surface area contributed by atoms with Crippen LogP contribution in [0.5, 0.6) is 5.75 Å². The molecule has 0 atom stereocenters. The van der Waals surface area contributed by atoms with E-state index in [4.69, 9.17) is 4.52 Å². The predicted octanol–water partition coefficient (Wildman–Crippen LogP) is -4.39. The summed E-state index contributed by atoms with van der Waals surface area (Å²) in [6.45, 7) is 3.74. The Morgan fingerprint density at radius 1 is 1.00 bits per heavy atom. The van der Waals surface area contributed by atoms with Gasteiger partial charge in [-0.1, -0.05) is 66.0 Å². The van der Waals surface area contributed by atoms with Gasteiger partial charge in [0.25, 0.3) is 0 Å². The number of hydrogen-bond donors (Lipinski definition) is 0. The van der Waals surface area contributed by atoms with Gasteiger partial charge in [-0.2, -0.15) is 0 Å². The zero-order valence-corrected chi connectivity index (χ0v) is 30.2. The van der Waals surface area contributed by atoms with Gasteiger partial charge in [-0.15, -0.1) is 17.1 Å². The summed E-state index contributed by atoms with van der Waals surface area (Å²) in [5, 5.41) is 14.8. The van der Waals surface area contributed by atoms with E-state index in [1.807, 2.05) is 56.3 Å². The molecule has 14 heteroatoms. The van der Waals surface area contributed by atoms with Gasteiger partial charge in [-0.3, -0.25) is 0 Å². The summed E-state index contributed by atoms with van der Waals surface area (Å²) < 4.78 is 16.6. The van der Waals surface area contributed by atoms with E-state index >= 15 is 0 Å². The number of hydrogen-bond acceptors (Lipinski definition) is 10. The summed E-state index contributed by atoms with van der Waals surface area (Å²) in [5.41, 5.74) is 1.02. The topological polar surface area (TPSA) is 121 Å². The number of aliphatic imine (C=N–C) groups is 1. The van der Waals surface area contributed by atoms with Crippen LogP contribution in [0.4, 0.5) is 0 Å². The minimum Gasteiger partial charge on any atom is -0.872 e. The monoisotopic (exact) mass is 596 g/mol. The van der Waals surface area contributed by atoms with Crippen molar-refractivity contribution in [3.05, 3.63) is 76.5 Å². The van der Waals surface area contributed by atoms with Crippen LogP contribution in [-0.2, 0) is 9.09 Å². The number of nitrogens with zero attached hydrogens (tertiary/aromatic N) is 2. The summed E-state index contributed by atoms with van der Waals surface area (Å²) in [4.78, 5) is 33.2. The molecular formula is C23H16N2Na3O5PS3. The molecule has 0 unspecified atom stereocenters. The average molecular weight is 597 g/mol. The van der Waals surface area contributed by atoms with Crippen LogP contribution in [0.15, 0.2) is 81.3 Å². The minimum absolute atomic E-state index is 0. The van der Waals surface area contributed by atoms with Crippen LogP contribution in [0.1, 0.15) is 18.9 Å². The van der Waals surface area contributed by atoms with Gasteiger partial charge in [-0.25, -0.2) is 9.98 Å². The van der Waals surface area contributed by atoms with Gasteiger partial charge in [0.05, 0.1) is 15.0 Å². The number of fused-ring (bicyclic) bond motifs is 2. The van der Waals surface area contributed by atoms with Crippen molar-refractivity contribution in [2.45, 2.75) is 23.5 Å². The quantitative estimate of drug-likeness (QED) is 0.0982. The van der Waals surface area contributed by atoms with Crippen LogP contribution in [0.25, 0.3) is 21.0 Å². The van der Waals surface area contributed by atoms with E-state index in [9.17, 15) is 19.5 Å². The molecule has 0 aliphatic carbocycles. The van der Waals surface area contributed by atoms with Crippen molar-refractivity contribution >= 4 is 68.7 Å². The molecule has 0 amide bonds. The molecule has 7 nitrogen and oxygen atoms in total. The van der Waals surface area contributed by atoms with Gasteiger partial charge in [0, 0.05) is 4.90 Å². The molecule has 0 bridgehead atoms. The molecule has 0 saturated heterocycles. The van der Waals surface area contributed by atoms with Crippen molar-refractivity contribution in [3.63, 3.8) is 0 Å². The Morgan fingerprint density at radius 2 is 1.70 bits per heavy atom. The van der Waals surface area contributed by atoms with Gasteiger partial charge in [0.1, 0.15) is 23.6 Å². The molecule has 174 valence electrons. The smallest absolute Gasteiger partial charge is 0.872 e. The molecule has 1 aliphatic heterocycles. The second-order valence-electron chi connectivity index (χ2n) is 7.96. The van der Waals surface area contributed by atoms with Crippen LogP contribution < -0.4 is 104 Å². The minimum atomic E-state index is -5.34. The molecule has 1 aromatic heterocycles. The van der Waals surface area contributed by atoms with E-state index in [1.165, 1.54) is 35.2 Å². The van der Waals surface area contributed by atoms with Crippen LogP contribution in [-0.4, -0.2) is 14.8 Å². The molecule has 37 heavy (non-hydrogen) atoms. The van der Waals surface area contributed by atoms with Crippen molar-refractivity contribution in [1.29, 1.82) is 0 Å². The number of phosphoric ester groups is 1. The molecule has 0 saturated carbocycles. The number of benzene rings is 3. The maximum atomic E-state index is 11.7. The van der Waals surface area contributed by atoms with Gasteiger partial charge in [-0.05, 0) is 42.8 Å². The van der Waals surface area contributed by atoms with E-state index in [0.29, 0.717) is 26.2 Å². The molecule has 2 heterocycles. The third kappa shape index (κ3) is 8.12. The van der Waals surface area contributed by atoms with Crippen LogP contribution in [0.2, 0.25) is 0 Å². The standard InChI is InChI=1S/C23H19N2O5PS3.3Na/c1-23(2)19(25-21(34-23)20-24-17-10-8-15(26)12-18(17)33-20)22(30-31(27,28)29)32-16-9-7-13-5-3-4-6-14(13)11-16;;;/h3-12,26H,1-2H3,(H2,27,28,29);;;/q;3*+1/p-3/b22-19-;;;. The summed E-state index contributed by atoms with van der Waals surface area (Å²) in [6.07, 6.45) is 0. The fourth-order valence-electron chi connectivity index (χ4n) is 3.48. The van der Waals surface area contributed by atoms with E-state index in [2.05, 4.69) is 9.98 Å². The molecule has 4 aromatic rings. The second kappa shape index (κ2) is 13.6. The van der Waals surface area contributed by atoms with E-state index < -0.39 is 12.6 Å². The van der Waals surface area contributed by atoms with Crippen LogP contribution in [0.3, 0.4) is 0 Å². The second-order valence-corrected chi connectivity index (χ2v) is 12.7.